The molecule has 0 saturated carbocycles. The van der Waals surface area contributed by atoms with Crippen LogP contribution in [0.5, 0.6) is 0 Å². The predicted octanol–water partition coefficient (Wildman–Crippen LogP) is 1.27. The summed E-state index contributed by atoms with van der Waals surface area (Å²) in [6, 6.07) is 0. The van der Waals surface area contributed by atoms with E-state index in [9.17, 15) is 0 Å². The summed E-state index contributed by atoms with van der Waals surface area (Å²) in [4.78, 5) is 4.36. The van der Waals surface area contributed by atoms with Gasteiger partial charge < -0.3 is 9.80 Å². The van der Waals surface area contributed by atoms with Crippen LogP contribution in [0.2, 0.25) is 11.8 Å². The first-order valence-electron chi connectivity index (χ1n) is 3.55. The zero-order chi connectivity index (χ0) is 9.28. The van der Waals surface area contributed by atoms with Gasteiger partial charge in [0.05, 0.1) is 0 Å². The second-order valence-corrected chi connectivity index (χ2v) is 3.91. The molecule has 0 unspecified atom stereocenters. The zero-order valence-electron chi connectivity index (χ0n) is 8.62. The third-order valence-corrected chi connectivity index (χ3v) is 0.994. The summed E-state index contributed by atoms with van der Waals surface area (Å²) in [5.74, 6) is 4.12. The van der Waals surface area contributed by atoms with Crippen molar-refractivity contribution in [2.75, 3.05) is 41.3 Å². The van der Waals surface area contributed by atoms with Gasteiger partial charge in [-0.25, -0.2) is 0 Å². The quantitative estimate of drug-likeness (QED) is 0.640. The van der Waals surface area contributed by atoms with Gasteiger partial charge in [-0.2, -0.15) is 0 Å². The average Bonchev–Trinajstić information content (AvgIpc) is 1.85. The summed E-state index contributed by atoms with van der Waals surface area (Å²) < 4.78 is 0. The molecule has 0 spiro atoms. The Morgan fingerprint density at radius 1 is 0.818 bits per heavy atom. The fourth-order valence-corrected chi connectivity index (χ4v) is 0.400. The van der Waals surface area contributed by atoms with Crippen molar-refractivity contribution >= 4 is 0 Å². The van der Waals surface area contributed by atoms with Crippen LogP contribution in [0, 0.1) is 0 Å². The first-order chi connectivity index (χ1) is 5.04. The monoisotopic (exact) mass is 204 g/mol. The summed E-state index contributed by atoms with van der Waals surface area (Å²) in [5, 5.41) is 0. The Balaban J connectivity index is 0. The maximum atomic E-state index is 2.18. The first-order valence-corrected chi connectivity index (χ1v) is 5.53. The minimum absolute atomic E-state index is 1.15. The van der Waals surface area contributed by atoms with Gasteiger partial charge in [0.1, 0.15) is 0 Å². The molecule has 0 heterocycles. The molecule has 0 aromatic heterocycles. The Morgan fingerprint density at radius 2 is 1.00 bits per heavy atom. The van der Waals surface area contributed by atoms with Gasteiger partial charge in [-0.05, 0) is 28.2 Å². The molecule has 0 aliphatic rings. The van der Waals surface area contributed by atoms with Gasteiger partial charge in [0, 0.05) is 13.1 Å². The molecule has 0 aliphatic heterocycles. The fourth-order valence-electron chi connectivity index (χ4n) is 0.400. The number of likely N-dealkylation sites (N-methyl/N-ethyl adjacent to an activating group) is 2. The topological polar surface area (TPSA) is 6.48 Å². The molecule has 0 N–H and O–H groups in total. The van der Waals surface area contributed by atoms with E-state index >= 15 is 0 Å². The summed E-state index contributed by atoms with van der Waals surface area (Å²) >= 11 is 1.62. The van der Waals surface area contributed by atoms with Crippen LogP contribution < -0.4 is 0 Å². The van der Waals surface area contributed by atoms with E-state index in [1.807, 2.05) is 0 Å². The summed E-state index contributed by atoms with van der Waals surface area (Å²) in [5.41, 5.74) is 0. The molecule has 0 aliphatic carbocycles. The molecule has 0 saturated heterocycles. The Hall–Kier alpha value is 0.414. The van der Waals surface area contributed by atoms with Gasteiger partial charge in [0.25, 0.3) is 0 Å². The molecule has 0 rings (SSSR count). The normalized spacial score (nSPS) is 10.2. The van der Waals surface area contributed by atoms with E-state index in [0.29, 0.717) is 0 Å². The second kappa shape index (κ2) is 10.4. The van der Waals surface area contributed by atoms with Crippen molar-refractivity contribution < 1.29 is 14.4 Å². The van der Waals surface area contributed by atoms with E-state index in [4.69, 9.17) is 0 Å². The molecular formula is C8H22N2Ni. The van der Waals surface area contributed by atoms with Crippen LogP contribution >= 0.6 is 0 Å². The summed E-state index contributed by atoms with van der Waals surface area (Å²) in [6.45, 7) is 2.29. The maximum absolute atomic E-state index is 2.18. The average molecular weight is 205 g/mol. The van der Waals surface area contributed by atoms with Gasteiger partial charge in [0.2, 0.25) is 0 Å². The Morgan fingerprint density at radius 3 is 1.09 bits per heavy atom. The number of hydrogen-bond acceptors (Lipinski definition) is 2. The molecule has 0 fully saturated rings. The second-order valence-electron chi connectivity index (χ2n) is 2.92. The van der Waals surface area contributed by atoms with Crippen molar-refractivity contribution in [2.45, 2.75) is 11.8 Å². The van der Waals surface area contributed by atoms with Gasteiger partial charge >= 0.3 is 26.2 Å². The molecule has 0 bridgehead atoms. The van der Waals surface area contributed by atoms with Gasteiger partial charge in [-0.1, -0.05) is 0 Å². The third kappa shape index (κ3) is 25.2. The van der Waals surface area contributed by atoms with E-state index in [1.54, 1.807) is 14.4 Å². The van der Waals surface area contributed by atoms with Crippen LogP contribution in [-0.4, -0.2) is 51.1 Å². The van der Waals surface area contributed by atoms with Gasteiger partial charge in [-0.15, -0.1) is 0 Å². The van der Waals surface area contributed by atoms with Crippen LogP contribution in [0.4, 0.5) is 0 Å². The summed E-state index contributed by atoms with van der Waals surface area (Å²) in [6.07, 6.45) is 0. The molecule has 0 amide bonds. The zero-order valence-corrected chi connectivity index (χ0v) is 9.61. The molecule has 74 valence electrons. The van der Waals surface area contributed by atoms with Crippen LogP contribution in [0.3, 0.4) is 0 Å². The number of nitrogens with zero attached hydrogens (tertiary/aromatic N) is 2. The molecule has 2 nitrogen and oxygen atoms in total. The van der Waals surface area contributed by atoms with Crippen molar-refractivity contribution in [1.82, 2.24) is 9.80 Å². The van der Waals surface area contributed by atoms with Crippen molar-refractivity contribution in [3.8, 4) is 0 Å². The third-order valence-electron chi connectivity index (χ3n) is 0.994. The molecule has 0 aromatic rings. The van der Waals surface area contributed by atoms with Crippen molar-refractivity contribution in [3.05, 3.63) is 0 Å². The molecule has 0 atom stereocenters. The molecular weight excluding hydrogens is 183 g/mol. The fraction of sp³-hybridized carbons (Fsp3) is 1.00. The van der Waals surface area contributed by atoms with Gasteiger partial charge in [-0.3, -0.25) is 0 Å². The van der Waals surface area contributed by atoms with E-state index in [0.717, 1.165) is 13.1 Å². The van der Waals surface area contributed by atoms with E-state index in [2.05, 4.69) is 49.8 Å². The minimum atomic E-state index is 1.15. The van der Waals surface area contributed by atoms with Crippen molar-refractivity contribution in [3.63, 3.8) is 0 Å². The van der Waals surface area contributed by atoms with Gasteiger partial charge in [0.15, 0.2) is 0 Å². The standard InChI is InChI=1S/C6H16N2.2CH3.Ni/c1-7(2)5-6-8(3)4;;;/h5-6H2,1-4H3;2*1H3;. The van der Waals surface area contributed by atoms with Crippen LogP contribution in [0.15, 0.2) is 0 Å². The van der Waals surface area contributed by atoms with Crippen molar-refractivity contribution in [1.29, 1.82) is 0 Å². The van der Waals surface area contributed by atoms with Crippen LogP contribution in [0.25, 0.3) is 0 Å². The Labute approximate surface area is 77.8 Å². The number of rotatable bonds is 3. The SMILES string of the molecule is CN(C)CCN(C)C.[CH3][Ni][CH3]. The Kier molecular flexibility index (Phi) is 13.2. The molecule has 0 radical (unpaired) electrons. The van der Waals surface area contributed by atoms with E-state index in [1.165, 1.54) is 0 Å². The predicted molar refractivity (Wildman–Crippen MR) is 48.8 cm³/mol. The number of hydrogen-bond donors (Lipinski definition) is 0. The molecule has 11 heavy (non-hydrogen) atoms. The van der Waals surface area contributed by atoms with Crippen LogP contribution in [0.1, 0.15) is 0 Å². The molecule has 3 heteroatoms. The first kappa shape index (κ1) is 14.0. The van der Waals surface area contributed by atoms with E-state index < -0.39 is 0 Å². The van der Waals surface area contributed by atoms with E-state index in [-0.39, 0.29) is 0 Å². The van der Waals surface area contributed by atoms with Crippen LogP contribution in [-0.2, 0) is 14.4 Å². The van der Waals surface area contributed by atoms with Crippen molar-refractivity contribution in [2.24, 2.45) is 0 Å². The summed E-state index contributed by atoms with van der Waals surface area (Å²) in [7, 11) is 8.35. The Bertz CT molecular complexity index is 57.1. The molecule has 0 aromatic carbocycles.